The van der Waals surface area contributed by atoms with Gasteiger partial charge >= 0.3 is 12.4 Å². The van der Waals surface area contributed by atoms with Crippen LogP contribution in [0.3, 0.4) is 0 Å². The third-order valence-electron chi connectivity index (χ3n) is 18.3. The van der Waals surface area contributed by atoms with Gasteiger partial charge in [0.15, 0.2) is 0 Å². The second-order valence-electron chi connectivity index (χ2n) is 25.0. The van der Waals surface area contributed by atoms with Crippen molar-refractivity contribution in [2.75, 3.05) is 0 Å². The maximum absolute atomic E-state index is 15.4. The van der Waals surface area contributed by atoms with Crippen LogP contribution in [-0.4, -0.2) is 9.13 Å². The molecule has 0 aliphatic carbocycles. The number of halogens is 6. The zero-order valence-electron chi connectivity index (χ0n) is 52.4. The highest BCUT2D eigenvalue weighted by Gasteiger charge is 2.41. The van der Waals surface area contributed by atoms with Crippen molar-refractivity contribution in [1.29, 1.82) is 5.26 Å². The quantitative estimate of drug-likeness (QED) is 0.140. The lowest BCUT2D eigenvalue weighted by molar-refractivity contribution is -0.142. The molecule has 13 aromatic rings. The van der Waals surface area contributed by atoms with Gasteiger partial charge in [0, 0.05) is 38.2 Å². The molecule has 0 aliphatic rings. The third-order valence-corrected chi connectivity index (χ3v) is 18.3. The summed E-state index contributed by atoms with van der Waals surface area (Å²) in [5, 5.41) is 14.4. The van der Waals surface area contributed by atoms with Gasteiger partial charge in [-0.05, 0) is 257 Å². The summed E-state index contributed by atoms with van der Waals surface area (Å²) in [6.07, 6.45) is -10.3. The molecule has 90 heavy (non-hydrogen) atoms. The fraction of sp³-hybridized carbons (Fsp3) is 0.173. The molecule has 2 heterocycles. The summed E-state index contributed by atoms with van der Waals surface area (Å²) in [4.78, 5) is 0. The molecule has 446 valence electrons. The average molecular weight is 1190 g/mol. The summed E-state index contributed by atoms with van der Waals surface area (Å²) in [6, 6.07) is 57.4. The zero-order valence-corrected chi connectivity index (χ0v) is 52.4. The Balaban J connectivity index is 1.16. The molecule has 0 saturated heterocycles. The lowest BCUT2D eigenvalue weighted by Crippen LogP contribution is -2.14. The maximum Gasteiger partial charge on any atom is 0.417 e. The second-order valence-corrected chi connectivity index (χ2v) is 25.0. The van der Waals surface area contributed by atoms with Gasteiger partial charge in [-0.3, -0.25) is 0 Å². The van der Waals surface area contributed by atoms with Gasteiger partial charge in [-0.2, -0.15) is 31.6 Å². The molecule has 0 bridgehead atoms. The topological polar surface area (TPSA) is 33.6 Å². The third kappa shape index (κ3) is 9.94. The molecule has 0 saturated carbocycles. The van der Waals surface area contributed by atoms with Gasteiger partial charge in [-0.25, -0.2) is 0 Å². The smallest absolute Gasteiger partial charge is 0.309 e. The Kier molecular flexibility index (Phi) is 14.2. The zero-order chi connectivity index (χ0) is 63.7. The Morgan fingerprint density at radius 2 is 0.567 bits per heavy atom. The summed E-state index contributed by atoms with van der Waals surface area (Å²) in [5.41, 5.74) is 23.2. The average Bonchev–Trinajstić information content (AvgIpc) is 1.51. The van der Waals surface area contributed by atoms with Gasteiger partial charge in [0.25, 0.3) is 0 Å². The van der Waals surface area contributed by atoms with Gasteiger partial charge in [0.2, 0.25) is 0 Å². The van der Waals surface area contributed by atoms with Crippen LogP contribution in [0.25, 0.3) is 122 Å². The largest absolute Gasteiger partial charge is 0.417 e. The molecule has 0 fully saturated rings. The van der Waals surface area contributed by atoms with Crippen molar-refractivity contribution in [3.8, 4) is 84.2 Å². The molecular formula is C81H65F6N3. The van der Waals surface area contributed by atoms with E-state index in [1.807, 2.05) is 28.8 Å². The van der Waals surface area contributed by atoms with Crippen molar-refractivity contribution in [2.24, 2.45) is 0 Å². The number of hydrogen-bond donors (Lipinski definition) is 0. The van der Waals surface area contributed by atoms with Crippen molar-refractivity contribution in [2.45, 2.75) is 95.4 Å². The van der Waals surface area contributed by atoms with Crippen LogP contribution in [0, 0.1) is 94.4 Å². The fourth-order valence-electron chi connectivity index (χ4n) is 15.2. The number of aromatic nitrogens is 2. The molecule has 0 unspecified atom stereocenters. The van der Waals surface area contributed by atoms with Crippen LogP contribution in [0.15, 0.2) is 176 Å². The van der Waals surface area contributed by atoms with E-state index in [-0.39, 0.29) is 5.56 Å². The lowest BCUT2D eigenvalue weighted by atomic mass is 9.90. The first kappa shape index (κ1) is 59.1. The highest BCUT2D eigenvalue weighted by atomic mass is 19.4. The number of alkyl halides is 6. The van der Waals surface area contributed by atoms with Crippen LogP contribution < -0.4 is 0 Å². The van der Waals surface area contributed by atoms with Crippen molar-refractivity contribution in [1.82, 2.24) is 9.13 Å². The Bertz CT molecular complexity index is 4890. The molecular weight excluding hydrogens is 1130 g/mol. The van der Waals surface area contributed by atoms with E-state index in [0.29, 0.717) is 51.2 Å². The van der Waals surface area contributed by atoms with E-state index in [0.717, 1.165) is 150 Å². The number of fused-ring (bicyclic) bond motifs is 6. The number of aryl methyl sites for hydroxylation is 12. The van der Waals surface area contributed by atoms with Crippen molar-refractivity contribution >= 4 is 43.6 Å². The summed E-state index contributed by atoms with van der Waals surface area (Å²) in [5.74, 6) is 0. The Morgan fingerprint density at radius 3 is 0.856 bits per heavy atom. The number of benzene rings is 11. The van der Waals surface area contributed by atoms with Gasteiger partial charge in [0.1, 0.15) is 0 Å². The monoisotopic (exact) mass is 1190 g/mol. The van der Waals surface area contributed by atoms with E-state index in [9.17, 15) is 5.26 Å². The summed E-state index contributed by atoms with van der Waals surface area (Å²) in [7, 11) is 0. The summed E-state index contributed by atoms with van der Waals surface area (Å²) >= 11 is 0. The van der Waals surface area contributed by atoms with Gasteiger partial charge < -0.3 is 9.13 Å². The van der Waals surface area contributed by atoms with E-state index < -0.39 is 29.0 Å². The van der Waals surface area contributed by atoms with Gasteiger partial charge in [0.05, 0.1) is 56.2 Å². The molecule has 0 spiro atoms. The van der Waals surface area contributed by atoms with E-state index in [2.05, 4.69) is 203 Å². The predicted molar refractivity (Wildman–Crippen MR) is 359 cm³/mol. The standard InChI is InChI=1S/C81H65F6N3/c1-43-28-47(5)75(48(6)29-43)56-18-24-69-63(37-56)64-38-57(76-49(7)30-44(2)31-50(76)8)19-25-70(64)89(69)73-36-55(42-88)16-22-61(73)62-23-17-60(79-67(80(82,83)84)14-13-15-68(79)81(85,86)87)41-74(62)90-71-26-20-58(77-51(9)32-45(3)33-52(77)10)39-65(71)66-40-59(21-27-72(66)90)78-53(11)34-46(4)35-54(78)12/h13-41H,1-12H3. The molecule has 13 rings (SSSR count). The number of nitriles is 1. The van der Waals surface area contributed by atoms with Gasteiger partial charge in [-0.15, -0.1) is 0 Å². The molecule has 0 aliphatic heterocycles. The van der Waals surface area contributed by atoms with Crippen molar-refractivity contribution in [3.05, 3.63) is 259 Å². The van der Waals surface area contributed by atoms with Crippen LogP contribution >= 0.6 is 0 Å². The van der Waals surface area contributed by atoms with Gasteiger partial charge in [-0.1, -0.05) is 119 Å². The van der Waals surface area contributed by atoms with Crippen molar-refractivity contribution < 1.29 is 26.3 Å². The van der Waals surface area contributed by atoms with E-state index >= 15 is 26.3 Å². The van der Waals surface area contributed by atoms with Crippen LogP contribution in [-0.2, 0) is 12.4 Å². The molecule has 3 nitrogen and oxygen atoms in total. The molecule has 0 radical (unpaired) electrons. The highest BCUT2D eigenvalue weighted by Crippen LogP contribution is 2.50. The molecule has 0 N–H and O–H groups in total. The van der Waals surface area contributed by atoms with Crippen LogP contribution in [0.4, 0.5) is 26.3 Å². The first-order valence-electron chi connectivity index (χ1n) is 30.2. The summed E-state index contributed by atoms with van der Waals surface area (Å²) < 4.78 is 96.8. The Labute approximate surface area is 520 Å². The number of hydrogen-bond acceptors (Lipinski definition) is 1. The fourth-order valence-corrected chi connectivity index (χ4v) is 15.2. The summed E-state index contributed by atoms with van der Waals surface area (Å²) in [6.45, 7) is 25.2. The SMILES string of the molecule is Cc1cc(C)c(-c2ccc3c(c2)c2cc(-c4c(C)cc(C)cc4C)ccc2n3-c2cc(C#N)ccc2-c2ccc(-c3c(C(F)(F)F)cccc3C(F)(F)F)cc2-n2c3ccc(-c4c(C)cc(C)cc4C)cc3c3cc(-c4c(C)cc(C)cc4C)ccc32)c(C)c1. The Hall–Kier alpha value is -9.91. The minimum atomic E-state index is -5.15. The lowest BCUT2D eigenvalue weighted by Gasteiger charge is -2.22. The molecule has 9 heteroatoms. The number of nitrogens with zero attached hydrogens (tertiary/aromatic N) is 3. The van der Waals surface area contributed by atoms with Crippen molar-refractivity contribution in [3.63, 3.8) is 0 Å². The Morgan fingerprint density at radius 1 is 0.300 bits per heavy atom. The molecule has 2 aromatic heterocycles. The first-order valence-corrected chi connectivity index (χ1v) is 30.2. The normalized spacial score (nSPS) is 12.1. The maximum atomic E-state index is 15.4. The highest BCUT2D eigenvalue weighted by molar-refractivity contribution is 6.14. The number of rotatable bonds is 8. The first-order chi connectivity index (χ1) is 42.8. The van der Waals surface area contributed by atoms with Crippen LogP contribution in [0.2, 0.25) is 0 Å². The van der Waals surface area contributed by atoms with Crippen LogP contribution in [0.1, 0.15) is 83.5 Å². The minimum Gasteiger partial charge on any atom is -0.309 e. The van der Waals surface area contributed by atoms with E-state index in [4.69, 9.17) is 0 Å². The van der Waals surface area contributed by atoms with E-state index in [1.165, 1.54) is 12.1 Å². The molecule has 11 aromatic carbocycles. The van der Waals surface area contributed by atoms with Crippen LogP contribution in [0.5, 0.6) is 0 Å². The predicted octanol–water partition coefficient (Wildman–Crippen LogP) is 23.5. The second kappa shape index (κ2) is 21.7. The van der Waals surface area contributed by atoms with E-state index in [1.54, 1.807) is 12.1 Å². The molecule has 0 amide bonds. The molecule has 0 atom stereocenters. The minimum absolute atomic E-state index is 0.274.